The molecule has 0 saturated carbocycles. The standard InChI is InChI=1S/C21H22N6/c1-2-15-7-10-23-19(15)11-14(1)12-25-20-13-24-18-4-3-17(26-21(18)27-20)16-5-8-22-9-6-16/h1-4,7,10-11,13,16,22-23H,5-6,8-9,12H2,(H,25,26,27). The summed E-state index contributed by atoms with van der Waals surface area (Å²) in [6, 6.07) is 12.6. The van der Waals surface area contributed by atoms with Crippen LogP contribution in [0.3, 0.4) is 0 Å². The van der Waals surface area contributed by atoms with Gasteiger partial charge in [-0.05, 0) is 61.1 Å². The molecule has 5 rings (SSSR count). The summed E-state index contributed by atoms with van der Waals surface area (Å²) in [4.78, 5) is 17.3. The van der Waals surface area contributed by atoms with Crippen LogP contribution < -0.4 is 10.6 Å². The van der Waals surface area contributed by atoms with E-state index in [1.165, 1.54) is 10.9 Å². The molecule has 4 heterocycles. The van der Waals surface area contributed by atoms with Crippen LogP contribution in [0.1, 0.15) is 30.0 Å². The van der Waals surface area contributed by atoms with Gasteiger partial charge < -0.3 is 15.6 Å². The Bertz CT molecular complexity index is 1080. The molecule has 3 aromatic heterocycles. The number of H-pyrrole nitrogens is 1. The maximum Gasteiger partial charge on any atom is 0.180 e. The molecule has 0 unspecified atom stereocenters. The van der Waals surface area contributed by atoms with Crippen LogP contribution in [0.2, 0.25) is 0 Å². The molecule has 3 N–H and O–H groups in total. The number of piperidine rings is 1. The van der Waals surface area contributed by atoms with E-state index in [1.807, 2.05) is 12.3 Å². The Kier molecular flexibility index (Phi) is 4.18. The van der Waals surface area contributed by atoms with Crippen LogP contribution in [0.15, 0.2) is 48.8 Å². The van der Waals surface area contributed by atoms with Crippen molar-refractivity contribution in [3.05, 3.63) is 60.0 Å². The van der Waals surface area contributed by atoms with Gasteiger partial charge in [0.05, 0.1) is 6.20 Å². The highest BCUT2D eigenvalue weighted by molar-refractivity contribution is 5.80. The molecule has 27 heavy (non-hydrogen) atoms. The summed E-state index contributed by atoms with van der Waals surface area (Å²) in [5.41, 5.74) is 5.03. The number of hydrogen-bond acceptors (Lipinski definition) is 5. The molecule has 0 atom stereocenters. The Morgan fingerprint density at radius 2 is 1.96 bits per heavy atom. The smallest absolute Gasteiger partial charge is 0.180 e. The molecule has 4 aromatic rings. The van der Waals surface area contributed by atoms with Gasteiger partial charge in [-0.25, -0.2) is 15.0 Å². The van der Waals surface area contributed by atoms with Crippen molar-refractivity contribution in [1.82, 2.24) is 25.3 Å². The van der Waals surface area contributed by atoms with E-state index in [0.29, 0.717) is 12.5 Å². The van der Waals surface area contributed by atoms with Gasteiger partial charge >= 0.3 is 0 Å². The predicted molar refractivity (Wildman–Crippen MR) is 108 cm³/mol. The fourth-order valence-corrected chi connectivity index (χ4v) is 3.74. The SMILES string of the molecule is c1cc2ccc(CNc3cnc4ccc(C5CCNCC5)nc4n3)cc2[nH]1. The molecule has 1 fully saturated rings. The second-order valence-corrected chi connectivity index (χ2v) is 7.11. The molecule has 0 radical (unpaired) electrons. The molecule has 0 aliphatic carbocycles. The first kappa shape index (κ1) is 16.2. The summed E-state index contributed by atoms with van der Waals surface area (Å²) in [5.74, 6) is 1.27. The topological polar surface area (TPSA) is 78.5 Å². The van der Waals surface area contributed by atoms with Crippen LogP contribution in [0.25, 0.3) is 22.1 Å². The highest BCUT2D eigenvalue weighted by Gasteiger charge is 2.17. The van der Waals surface area contributed by atoms with E-state index in [9.17, 15) is 0 Å². The van der Waals surface area contributed by atoms with Crippen molar-refractivity contribution in [3.8, 4) is 0 Å². The molecule has 0 bridgehead atoms. The van der Waals surface area contributed by atoms with Crippen molar-refractivity contribution in [2.24, 2.45) is 0 Å². The number of nitrogens with zero attached hydrogens (tertiary/aromatic N) is 3. The van der Waals surface area contributed by atoms with E-state index in [-0.39, 0.29) is 0 Å². The third-order valence-corrected chi connectivity index (χ3v) is 5.28. The molecule has 1 aliphatic heterocycles. The van der Waals surface area contributed by atoms with E-state index in [1.54, 1.807) is 6.20 Å². The average molecular weight is 358 g/mol. The average Bonchev–Trinajstić information content (AvgIpc) is 3.20. The number of rotatable bonds is 4. The first-order chi connectivity index (χ1) is 13.3. The maximum absolute atomic E-state index is 4.80. The van der Waals surface area contributed by atoms with Gasteiger partial charge in [0.25, 0.3) is 0 Å². The fourth-order valence-electron chi connectivity index (χ4n) is 3.74. The molecular weight excluding hydrogens is 336 g/mol. The monoisotopic (exact) mass is 358 g/mol. The van der Waals surface area contributed by atoms with Crippen LogP contribution in [0.5, 0.6) is 0 Å². The summed E-state index contributed by atoms with van der Waals surface area (Å²) in [5, 5.41) is 8.00. The minimum Gasteiger partial charge on any atom is -0.365 e. The number of anilines is 1. The number of benzene rings is 1. The Morgan fingerprint density at radius 1 is 1.04 bits per heavy atom. The van der Waals surface area contributed by atoms with E-state index in [0.717, 1.165) is 54.1 Å². The number of nitrogens with one attached hydrogen (secondary N) is 3. The first-order valence-electron chi connectivity index (χ1n) is 9.49. The molecular formula is C21H22N6. The quantitative estimate of drug-likeness (QED) is 0.520. The van der Waals surface area contributed by atoms with Crippen LogP contribution >= 0.6 is 0 Å². The van der Waals surface area contributed by atoms with Gasteiger partial charge in [0.15, 0.2) is 5.65 Å². The molecule has 0 amide bonds. The summed E-state index contributed by atoms with van der Waals surface area (Å²) in [6.45, 7) is 2.81. The Hall–Kier alpha value is -2.99. The van der Waals surface area contributed by atoms with Crippen molar-refractivity contribution in [1.29, 1.82) is 0 Å². The lowest BCUT2D eigenvalue weighted by atomic mass is 9.94. The molecule has 1 aromatic carbocycles. The van der Waals surface area contributed by atoms with E-state index < -0.39 is 0 Å². The summed E-state index contributed by atoms with van der Waals surface area (Å²) in [6.07, 6.45) is 6.00. The second kappa shape index (κ2) is 6.96. The zero-order valence-corrected chi connectivity index (χ0v) is 15.1. The minimum atomic E-state index is 0.515. The van der Waals surface area contributed by atoms with E-state index in [2.05, 4.69) is 55.9 Å². The van der Waals surface area contributed by atoms with Gasteiger partial charge in [-0.2, -0.15) is 0 Å². The molecule has 136 valence electrons. The fraction of sp³-hybridized carbons (Fsp3) is 0.286. The zero-order chi connectivity index (χ0) is 18.1. The van der Waals surface area contributed by atoms with Crippen molar-refractivity contribution in [2.45, 2.75) is 25.3 Å². The highest BCUT2D eigenvalue weighted by Crippen LogP contribution is 2.25. The van der Waals surface area contributed by atoms with Crippen molar-refractivity contribution >= 4 is 27.9 Å². The minimum absolute atomic E-state index is 0.515. The second-order valence-electron chi connectivity index (χ2n) is 7.11. The summed E-state index contributed by atoms with van der Waals surface area (Å²) >= 11 is 0. The Morgan fingerprint density at radius 3 is 2.89 bits per heavy atom. The summed E-state index contributed by atoms with van der Waals surface area (Å²) in [7, 11) is 0. The van der Waals surface area contributed by atoms with Crippen LogP contribution in [0.4, 0.5) is 5.82 Å². The largest absolute Gasteiger partial charge is 0.365 e. The lowest BCUT2D eigenvalue weighted by Gasteiger charge is -2.22. The van der Waals surface area contributed by atoms with E-state index in [4.69, 9.17) is 4.98 Å². The molecule has 0 spiro atoms. The Labute approximate surface area is 157 Å². The molecule has 6 nitrogen and oxygen atoms in total. The number of aromatic nitrogens is 4. The zero-order valence-electron chi connectivity index (χ0n) is 15.1. The maximum atomic E-state index is 4.80. The predicted octanol–water partition coefficient (Wildman–Crippen LogP) is 3.59. The third kappa shape index (κ3) is 3.36. The number of pyridine rings is 1. The highest BCUT2D eigenvalue weighted by atomic mass is 15.0. The summed E-state index contributed by atoms with van der Waals surface area (Å²) < 4.78 is 0. The molecule has 6 heteroatoms. The normalized spacial score (nSPS) is 15.4. The molecule has 1 aliphatic rings. The lowest BCUT2D eigenvalue weighted by Crippen LogP contribution is -2.27. The third-order valence-electron chi connectivity index (χ3n) is 5.28. The lowest BCUT2D eigenvalue weighted by molar-refractivity contribution is 0.454. The van der Waals surface area contributed by atoms with Crippen LogP contribution in [0, 0.1) is 0 Å². The van der Waals surface area contributed by atoms with Gasteiger partial charge in [-0.3, -0.25) is 0 Å². The van der Waals surface area contributed by atoms with Crippen molar-refractivity contribution in [2.75, 3.05) is 18.4 Å². The Balaban J connectivity index is 1.36. The van der Waals surface area contributed by atoms with Crippen molar-refractivity contribution in [3.63, 3.8) is 0 Å². The van der Waals surface area contributed by atoms with Crippen LogP contribution in [-0.4, -0.2) is 33.0 Å². The van der Waals surface area contributed by atoms with Gasteiger partial charge in [-0.15, -0.1) is 0 Å². The van der Waals surface area contributed by atoms with E-state index >= 15 is 0 Å². The van der Waals surface area contributed by atoms with Gasteiger partial charge in [0.2, 0.25) is 0 Å². The molecule has 1 saturated heterocycles. The van der Waals surface area contributed by atoms with Gasteiger partial charge in [0, 0.05) is 29.9 Å². The first-order valence-corrected chi connectivity index (χ1v) is 9.49. The van der Waals surface area contributed by atoms with Crippen LogP contribution in [-0.2, 0) is 6.54 Å². The van der Waals surface area contributed by atoms with Crippen molar-refractivity contribution < 1.29 is 0 Å². The van der Waals surface area contributed by atoms with Gasteiger partial charge in [0.1, 0.15) is 11.3 Å². The number of aromatic amines is 1. The number of fused-ring (bicyclic) bond motifs is 2. The number of hydrogen-bond donors (Lipinski definition) is 3. The van der Waals surface area contributed by atoms with Gasteiger partial charge in [-0.1, -0.05) is 12.1 Å².